The molecule has 0 bridgehead atoms. The zero-order valence-corrected chi connectivity index (χ0v) is 17.1. The molecule has 3 aromatic rings. The molecule has 7 heteroatoms. The largest absolute Gasteiger partial charge is 0.457 e. The maximum absolute atomic E-state index is 12.8. The maximum atomic E-state index is 12.8. The van der Waals surface area contributed by atoms with Crippen LogP contribution in [0.3, 0.4) is 0 Å². The van der Waals surface area contributed by atoms with E-state index in [1.807, 2.05) is 19.1 Å². The van der Waals surface area contributed by atoms with Crippen molar-refractivity contribution in [1.82, 2.24) is 15.6 Å². The van der Waals surface area contributed by atoms with Gasteiger partial charge < -0.3 is 15.1 Å². The third kappa shape index (κ3) is 4.60. The van der Waals surface area contributed by atoms with E-state index in [0.29, 0.717) is 27.8 Å². The van der Waals surface area contributed by atoms with Gasteiger partial charge in [0.05, 0.1) is 5.56 Å². The van der Waals surface area contributed by atoms with Crippen LogP contribution in [0.5, 0.6) is 0 Å². The van der Waals surface area contributed by atoms with Crippen molar-refractivity contribution < 1.29 is 14.0 Å². The molecular formula is C23H20ClN3O3. The van der Waals surface area contributed by atoms with Gasteiger partial charge in [0, 0.05) is 23.9 Å². The van der Waals surface area contributed by atoms with Crippen molar-refractivity contribution >= 4 is 29.5 Å². The highest BCUT2D eigenvalue weighted by Gasteiger charge is 2.26. The molecule has 2 aromatic heterocycles. The van der Waals surface area contributed by atoms with Crippen LogP contribution in [0.25, 0.3) is 17.4 Å². The van der Waals surface area contributed by atoms with Crippen LogP contribution in [0.15, 0.2) is 64.8 Å². The number of halogens is 1. The summed E-state index contributed by atoms with van der Waals surface area (Å²) in [6, 6.07) is 14.4. The zero-order valence-electron chi connectivity index (χ0n) is 16.3. The number of carbonyl (C=O) groups is 2. The second-order valence-electron chi connectivity index (χ2n) is 7.12. The Hall–Kier alpha value is -3.38. The van der Waals surface area contributed by atoms with Gasteiger partial charge in [0.1, 0.15) is 22.4 Å². The molecule has 2 N–H and O–H groups in total. The molecule has 1 aliphatic rings. The molecule has 0 atom stereocenters. The summed E-state index contributed by atoms with van der Waals surface area (Å²) in [5, 5.41) is 5.95. The Morgan fingerprint density at radius 3 is 2.67 bits per heavy atom. The smallest absolute Gasteiger partial charge is 0.268 e. The molecule has 1 saturated carbocycles. The van der Waals surface area contributed by atoms with E-state index >= 15 is 0 Å². The van der Waals surface area contributed by atoms with E-state index < -0.39 is 0 Å². The molecule has 1 aromatic carbocycles. The van der Waals surface area contributed by atoms with Crippen molar-refractivity contribution in [1.29, 1.82) is 0 Å². The fourth-order valence-corrected chi connectivity index (χ4v) is 3.17. The first kappa shape index (κ1) is 19.9. The second kappa shape index (κ2) is 8.55. The van der Waals surface area contributed by atoms with Gasteiger partial charge in [0.15, 0.2) is 0 Å². The number of benzene rings is 1. The van der Waals surface area contributed by atoms with Gasteiger partial charge in [-0.25, -0.2) is 4.98 Å². The van der Waals surface area contributed by atoms with Crippen molar-refractivity contribution in [3.63, 3.8) is 0 Å². The highest BCUT2D eigenvalue weighted by molar-refractivity contribution is 6.31. The number of furan rings is 1. The van der Waals surface area contributed by atoms with Gasteiger partial charge in [0.2, 0.25) is 0 Å². The van der Waals surface area contributed by atoms with Crippen LogP contribution in [-0.2, 0) is 4.79 Å². The summed E-state index contributed by atoms with van der Waals surface area (Å²) in [6.07, 6.45) is 4.99. The molecule has 4 rings (SSSR count). The van der Waals surface area contributed by atoms with Crippen LogP contribution in [0.4, 0.5) is 0 Å². The molecule has 2 amide bonds. The summed E-state index contributed by atoms with van der Waals surface area (Å²) >= 11 is 6.13. The molecule has 0 radical (unpaired) electrons. The number of aryl methyl sites for hydroxylation is 1. The SMILES string of the molecule is Cc1ccccc1C(=O)NC(=Cc1ccc(-c2cccnc2Cl)o1)C(=O)NC1CC1. The predicted molar refractivity (Wildman–Crippen MR) is 115 cm³/mol. The summed E-state index contributed by atoms with van der Waals surface area (Å²) in [6.45, 7) is 1.85. The minimum absolute atomic E-state index is 0.119. The minimum Gasteiger partial charge on any atom is -0.457 e. The Bertz CT molecular complexity index is 1130. The van der Waals surface area contributed by atoms with Gasteiger partial charge in [-0.1, -0.05) is 29.8 Å². The van der Waals surface area contributed by atoms with E-state index in [1.165, 1.54) is 6.08 Å². The lowest BCUT2D eigenvalue weighted by molar-refractivity contribution is -0.117. The van der Waals surface area contributed by atoms with Crippen molar-refractivity contribution in [2.75, 3.05) is 0 Å². The fraction of sp³-hybridized carbons (Fsp3) is 0.174. The molecule has 2 heterocycles. The Morgan fingerprint density at radius 1 is 1.13 bits per heavy atom. The van der Waals surface area contributed by atoms with Crippen LogP contribution >= 0.6 is 11.6 Å². The molecular weight excluding hydrogens is 402 g/mol. The average molecular weight is 422 g/mol. The topological polar surface area (TPSA) is 84.2 Å². The van der Waals surface area contributed by atoms with E-state index in [1.54, 1.807) is 42.6 Å². The number of aromatic nitrogens is 1. The highest BCUT2D eigenvalue weighted by Crippen LogP contribution is 2.28. The standard InChI is InChI=1S/C23H20ClN3O3/c1-14-5-2-3-6-17(14)22(28)27-19(23(29)26-15-8-9-15)13-16-10-11-20(30-16)18-7-4-12-25-21(18)24/h2-7,10-13,15H,8-9H2,1H3,(H,26,29)(H,27,28). The van der Waals surface area contributed by atoms with Gasteiger partial charge in [0.25, 0.3) is 11.8 Å². The number of hydrogen-bond donors (Lipinski definition) is 2. The first-order chi connectivity index (χ1) is 14.5. The summed E-state index contributed by atoms with van der Waals surface area (Å²) in [5.74, 6) is 0.228. The Kier molecular flexibility index (Phi) is 5.68. The number of amides is 2. The van der Waals surface area contributed by atoms with Crippen LogP contribution in [0, 0.1) is 6.92 Å². The van der Waals surface area contributed by atoms with Crippen molar-refractivity contribution in [2.45, 2.75) is 25.8 Å². The van der Waals surface area contributed by atoms with Crippen molar-refractivity contribution in [3.8, 4) is 11.3 Å². The van der Waals surface area contributed by atoms with Crippen LogP contribution in [-0.4, -0.2) is 22.8 Å². The van der Waals surface area contributed by atoms with Crippen LogP contribution in [0.2, 0.25) is 5.15 Å². The summed E-state index contributed by atoms with van der Waals surface area (Å²) in [4.78, 5) is 29.5. The predicted octanol–water partition coefficient (Wildman–Crippen LogP) is 4.35. The molecule has 152 valence electrons. The van der Waals surface area contributed by atoms with E-state index in [9.17, 15) is 9.59 Å². The van der Waals surface area contributed by atoms with Gasteiger partial charge >= 0.3 is 0 Å². The summed E-state index contributed by atoms with van der Waals surface area (Å²) in [7, 11) is 0. The monoisotopic (exact) mass is 421 g/mol. The first-order valence-electron chi connectivity index (χ1n) is 9.61. The summed E-state index contributed by atoms with van der Waals surface area (Å²) < 4.78 is 5.83. The Labute approximate surface area is 179 Å². The maximum Gasteiger partial charge on any atom is 0.268 e. The number of nitrogens with one attached hydrogen (secondary N) is 2. The fourth-order valence-electron chi connectivity index (χ4n) is 2.95. The molecule has 6 nitrogen and oxygen atoms in total. The summed E-state index contributed by atoms with van der Waals surface area (Å²) in [5.41, 5.74) is 2.09. The highest BCUT2D eigenvalue weighted by atomic mass is 35.5. The number of hydrogen-bond acceptors (Lipinski definition) is 4. The zero-order chi connectivity index (χ0) is 21.1. The number of rotatable bonds is 6. The molecule has 1 aliphatic carbocycles. The van der Waals surface area contributed by atoms with E-state index in [-0.39, 0.29) is 23.6 Å². The van der Waals surface area contributed by atoms with E-state index in [4.69, 9.17) is 16.0 Å². The molecule has 0 saturated heterocycles. The van der Waals surface area contributed by atoms with Crippen molar-refractivity contribution in [3.05, 3.63) is 82.5 Å². The number of carbonyl (C=O) groups excluding carboxylic acids is 2. The van der Waals surface area contributed by atoms with Crippen LogP contribution in [0.1, 0.15) is 34.5 Å². The Balaban J connectivity index is 1.62. The van der Waals surface area contributed by atoms with Gasteiger partial charge in [-0.05, 0) is 55.7 Å². The molecule has 0 unspecified atom stereocenters. The van der Waals surface area contributed by atoms with E-state index in [0.717, 1.165) is 18.4 Å². The van der Waals surface area contributed by atoms with Gasteiger partial charge in [-0.2, -0.15) is 0 Å². The quantitative estimate of drug-likeness (QED) is 0.457. The lowest BCUT2D eigenvalue weighted by Gasteiger charge is -2.11. The third-order valence-corrected chi connectivity index (χ3v) is 5.03. The van der Waals surface area contributed by atoms with Gasteiger partial charge in [-0.3, -0.25) is 9.59 Å². The van der Waals surface area contributed by atoms with E-state index in [2.05, 4.69) is 15.6 Å². The molecule has 0 aliphatic heterocycles. The van der Waals surface area contributed by atoms with Crippen LogP contribution < -0.4 is 10.6 Å². The lowest BCUT2D eigenvalue weighted by atomic mass is 10.1. The lowest BCUT2D eigenvalue weighted by Crippen LogP contribution is -2.36. The third-order valence-electron chi connectivity index (χ3n) is 4.73. The molecule has 30 heavy (non-hydrogen) atoms. The second-order valence-corrected chi connectivity index (χ2v) is 7.48. The van der Waals surface area contributed by atoms with Gasteiger partial charge in [-0.15, -0.1) is 0 Å². The van der Waals surface area contributed by atoms with Crippen molar-refractivity contribution in [2.24, 2.45) is 0 Å². The molecule has 0 spiro atoms. The first-order valence-corrected chi connectivity index (χ1v) is 9.99. The average Bonchev–Trinajstić information content (AvgIpc) is 3.43. The Morgan fingerprint density at radius 2 is 1.93 bits per heavy atom. The number of pyridine rings is 1. The normalized spacial score (nSPS) is 13.7. The number of nitrogens with zero attached hydrogens (tertiary/aromatic N) is 1. The minimum atomic E-state index is -0.354. The molecule has 1 fully saturated rings.